The van der Waals surface area contributed by atoms with Crippen molar-refractivity contribution in [1.29, 1.82) is 0 Å². The number of carboxylic acids is 1. The van der Waals surface area contributed by atoms with Crippen molar-refractivity contribution in [2.75, 3.05) is 0 Å². The van der Waals surface area contributed by atoms with Gasteiger partial charge in [0.15, 0.2) is 0 Å². The molecule has 1 fully saturated rings. The maximum Gasteiger partial charge on any atom is 0.306 e. The third kappa shape index (κ3) is 3.76. The van der Waals surface area contributed by atoms with Gasteiger partial charge in [-0.3, -0.25) is 9.59 Å². The number of carbonyl (C=O) groups is 2. The first kappa shape index (κ1) is 16.9. The summed E-state index contributed by atoms with van der Waals surface area (Å²) in [6.07, 6.45) is 2.57. The Balaban J connectivity index is 1.63. The molecule has 0 atom stereocenters. The summed E-state index contributed by atoms with van der Waals surface area (Å²) in [7, 11) is 0. The first-order valence-electron chi connectivity index (χ1n) is 7.78. The van der Waals surface area contributed by atoms with Crippen LogP contribution >= 0.6 is 22.9 Å². The van der Waals surface area contributed by atoms with Gasteiger partial charge < -0.3 is 10.4 Å². The molecule has 0 radical (unpaired) electrons. The quantitative estimate of drug-likeness (QED) is 0.863. The normalized spacial score (nSPS) is 20.5. The number of carboxylic acid groups (broad SMARTS) is 1. The van der Waals surface area contributed by atoms with E-state index in [9.17, 15) is 9.59 Å². The Hall–Kier alpha value is -1.92. The molecule has 1 aliphatic rings. The Morgan fingerprint density at radius 1 is 1.21 bits per heavy atom. The van der Waals surface area contributed by atoms with Crippen molar-refractivity contribution in [3.63, 3.8) is 0 Å². The molecule has 2 aromatic rings. The zero-order chi connectivity index (χ0) is 17.1. The van der Waals surface area contributed by atoms with Crippen molar-refractivity contribution in [2.24, 2.45) is 5.92 Å². The van der Waals surface area contributed by atoms with Crippen LogP contribution in [0.3, 0.4) is 0 Å². The lowest BCUT2D eigenvalue weighted by Crippen LogP contribution is -2.38. The lowest BCUT2D eigenvalue weighted by molar-refractivity contribution is -0.142. The minimum Gasteiger partial charge on any atom is -0.481 e. The third-order valence-electron chi connectivity index (χ3n) is 4.25. The topological polar surface area (TPSA) is 79.3 Å². The fourth-order valence-corrected chi connectivity index (χ4v) is 4.00. The second kappa shape index (κ2) is 7.32. The minimum absolute atomic E-state index is 0.0126. The van der Waals surface area contributed by atoms with Crippen LogP contribution in [-0.2, 0) is 4.79 Å². The molecule has 1 saturated carbocycles. The molecule has 0 aliphatic heterocycles. The summed E-state index contributed by atoms with van der Waals surface area (Å²) in [5, 5.41) is 15.0. The van der Waals surface area contributed by atoms with Gasteiger partial charge in [-0.25, -0.2) is 4.98 Å². The summed E-state index contributed by atoms with van der Waals surface area (Å²) in [6.45, 7) is 0. The van der Waals surface area contributed by atoms with Crippen molar-refractivity contribution < 1.29 is 14.7 Å². The molecule has 0 spiro atoms. The van der Waals surface area contributed by atoms with Crippen molar-refractivity contribution in [2.45, 2.75) is 31.7 Å². The number of aromatic nitrogens is 1. The van der Waals surface area contributed by atoms with E-state index in [4.69, 9.17) is 16.7 Å². The predicted molar refractivity (Wildman–Crippen MR) is 93.4 cm³/mol. The Morgan fingerprint density at radius 3 is 2.58 bits per heavy atom. The number of aliphatic carboxylic acids is 1. The van der Waals surface area contributed by atoms with Crippen LogP contribution in [0.1, 0.15) is 36.2 Å². The van der Waals surface area contributed by atoms with Crippen LogP contribution in [-0.4, -0.2) is 28.0 Å². The van der Waals surface area contributed by atoms with Crippen molar-refractivity contribution >= 4 is 34.8 Å². The molecule has 0 bridgehead atoms. The first-order valence-corrected chi connectivity index (χ1v) is 9.04. The largest absolute Gasteiger partial charge is 0.481 e. The molecule has 126 valence electrons. The fourth-order valence-electron chi connectivity index (χ4n) is 2.88. The van der Waals surface area contributed by atoms with Gasteiger partial charge >= 0.3 is 5.97 Å². The number of amides is 1. The van der Waals surface area contributed by atoms with Gasteiger partial charge in [-0.05, 0) is 31.7 Å². The Kier molecular flexibility index (Phi) is 5.16. The van der Waals surface area contributed by atoms with Crippen LogP contribution in [0, 0.1) is 5.92 Å². The van der Waals surface area contributed by atoms with Gasteiger partial charge in [-0.15, -0.1) is 11.3 Å². The number of carbonyl (C=O) groups excluding carboxylic acids is 1. The number of halogens is 1. The van der Waals surface area contributed by atoms with E-state index in [1.54, 1.807) is 11.4 Å². The summed E-state index contributed by atoms with van der Waals surface area (Å²) in [5.74, 6) is -1.25. The molecule has 24 heavy (non-hydrogen) atoms. The second-order valence-corrected chi connectivity index (χ2v) is 7.14. The molecular formula is C17H17ClN2O3S. The first-order chi connectivity index (χ1) is 11.5. The summed E-state index contributed by atoms with van der Waals surface area (Å²) in [6, 6.07) is 7.40. The molecular weight excluding hydrogens is 348 g/mol. The molecule has 1 aromatic heterocycles. The fraction of sp³-hybridized carbons (Fsp3) is 0.353. The highest BCUT2D eigenvalue weighted by Crippen LogP contribution is 2.30. The predicted octanol–water partition coefficient (Wildman–Crippen LogP) is 3.84. The smallest absolute Gasteiger partial charge is 0.306 e. The average Bonchev–Trinajstić information content (AvgIpc) is 3.05. The Morgan fingerprint density at radius 2 is 1.92 bits per heavy atom. The number of nitrogens with zero attached hydrogens (tertiary/aromatic N) is 1. The van der Waals surface area contributed by atoms with Crippen molar-refractivity contribution in [1.82, 2.24) is 10.3 Å². The number of thiazole rings is 1. The molecule has 0 unspecified atom stereocenters. The van der Waals surface area contributed by atoms with Gasteiger partial charge in [-0.2, -0.15) is 0 Å². The molecule has 2 N–H and O–H groups in total. The van der Waals surface area contributed by atoms with E-state index in [-0.39, 0.29) is 17.9 Å². The summed E-state index contributed by atoms with van der Waals surface area (Å²) in [4.78, 5) is 27.7. The SMILES string of the molecule is O=C(NC1CCC(C(=O)O)CC1)c1csc(-c2ccccc2Cl)n1. The monoisotopic (exact) mass is 364 g/mol. The molecule has 1 aliphatic carbocycles. The van der Waals surface area contributed by atoms with Gasteiger partial charge in [0.05, 0.1) is 10.9 Å². The zero-order valence-corrected chi connectivity index (χ0v) is 14.4. The van der Waals surface area contributed by atoms with E-state index in [2.05, 4.69) is 10.3 Å². The highest BCUT2D eigenvalue weighted by molar-refractivity contribution is 7.13. The van der Waals surface area contributed by atoms with Crippen molar-refractivity contribution in [3.05, 3.63) is 40.4 Å². The molecule has 1 heterocycles. The van der Waals surface area contributed by atoms with Crippen LogP contribution < -0.4 is 5.32 Å². The van der Waals surface area contributed by atoms with Crippen LogP contribution in [0.5, 0.6) is 0 Å². The van der Waals surface area contributed by atoms with Crippen LogP contribution in [0.25, 0.3) is 10.6 Å². The molecule has 5 nitrogen and oxygen atoms in total. The number of hydrogen-bond donors (Lipinski definition) is 2. The highest BCUT2D eigenvalue weighted by atomic mass is 35.5. The molecule has 1 amide bonds. The summed E-state index contributed by atoms with van der Waals surface area (Å²) in [5.41, 5.74) is 1.18. The standard InChI is InChI=1S/C17H17ClN2O3S/c18-13-4-2-1-3-12(13)16-20-14(9-24-16)15(21)19-11-7-5-10(6-8-11)17(22)23/h1-4,9-11H,5-8H2,(H,19,21)(H,22,23). The Bertz CT molecular complexity index is 754. The minimum atomic E-state index is -0.747. The van der Waals surface area contributed by atoms with E-state index in [1.807, 2.05) is 18.2 Å². The second-order valence-electron chi connectivity index (χ2n) is 5.88. The van der Waals surface area contributed by atoms with Crippen LogP contribution in [0.15, 0.2) is 29.6 Å². The maximum atomic E-state index is 12.3. The number of nitrogens with one attached hydrogen (secondary N) is 1. The Labute approximate surface area is 148 Å². The van der Waals surface area contributed by atoms with E-state index in [0.717, 1.165) is 5.56 Å². The number of hydrogen-bond acceptors (Lipinski definition) is 4. The van der Waals surface area contributed by atoms with Crippen molar-refractivity contribution in [3.8, 4) is 10.6 Å². The molecule has 0 saturated heterocycles. The molecule has 1 aromatic carbocycles. The molecule has 3 rings (SSSR count). The zero-order valence-electron chi connectivity index (χ0n) is 12.9. The van der Waals surface area contributed by atoms with E-state index < -0.39 is 5.97 Å². The van der Waals surface area contributed by atoms with E-state index in [0.29, 0.717) is 41.4 Å². The van der Waals surface area contributed by atoms with Crippen LogP contribution in [0.4, 0.5) is 0 Å². The summed E-state index contributed by atoms with van der Waals surface area (Å²) < 4.78 is 0. The van der Waals surface area contributed by atoms with Gasteiger partial charge in [0, 0.05) is 17.0 Å². The van der Waals surface area contributed by atoms with Gasteiger partial charge in [0.2, 0.25) is 0 Å². The lowest BCUT2D eigenvalue weighted by atomic mass is 9.86. The van der Waals surface area contributed by atoms with Crippen LogP contribution in [0.2, 0.25) is 5.02 Å². The van der Waals surface area contributed by atoms with Gasteiger partial charge in [0.1, 0.15) is 10.7 Å². The third-order valence-corrected chi connectivity index (χ3v) is 5.46. The summed E-state index contributed by atoms with van der Waals surface area (Å²) >= 11 is 7.54. The lowest BCUT2D eigenvalue weighted by Gasteiger charge is -2.26. The maximum absolute atomic E-state index is 12.3. The van der Waals surface area contributed by atoms with E-state index >= 15 is 0 Å². The van der Waals surface area contributed by atoms with Gasteiger partial charge in [0.25, 0.3) is 5.91 Å². The molecule has 7 heteroatoms. The number of benzene rings is 1. The average molecular weight is 365 g/mol. The van der Waals surface area contributed by atoms with E-state index in [1.165, 1.54) is 11.3 Å². The number of rotatable bonds is 4. The van der Waals surface area contributed by atoms with Gasteiger partial charge in [-0.1, -0.05) is 29.8 Å². The highest BCUT2D eigenvalue weighted by Gasteiger charge is 2.27.